The van der Waals surface area contributed by atoms with E-state index in [0.29, 0.717) is 12.5 Å². The Hall–Kier alpha value is -1.26. The van der Waals surface area contributed by atoms with Crippen molar-refractivity contribution >= 4 is 11.9 Å². The minimum atomic E-state index is -0.655. The average Bonchev–Trinajstić information content (AvgIpc) is 2.18. The number of nitrogens with two attached hydrogens (primary N) is 2. The molecule has 0 radical (unpaired) electrons. The lowest BCUT2D eigenvalue weighted by Crippen LogP contribution is -2.24. The summed E-state index contributed by atoms with van der Waals surface area (Å²) in [7, 11) is 0. The molecule has 5 N–H and O–H groups in total. The maximum absolute atomic E-state index is 10.7. The number of aliphatic imine (C=N–C) groups is 1. The smallest absolute Gasteiger partial charge is 0.306 e. The molecule has 0 spiro atoms. The molecule has 1 fully saturated rings. The van der Waals surface area contributed by atoms with Gasteiger partial charge in [0.2, 0.25) is 0 Å². The van der Waals surface area contributed by atoms with Gasteiger partial charge < -0.3 is 16.6 Å². The molecule has 1 saturated carbocycles. The molecule has 0 heterocycles. The summed E-state index contributed by atoms with van der Waals surface area (Å²) >= 11 is 0. The molecule has 0 saturated heterocycles. The zero-order valence-corrected chi connectivity index (χ0v) is 8.85. The lowest BCUT2D eigenvalue weighted by Gasteiger charge is -2.25. The fourth-order valence-electron chi connectivity index (χ4n) is 2.07. The van der Waals surface area contributed by atoms with E-state index in [1.807, 2.05) is 0 Å². The highest BCUT2D eigenvalue weighted by atomic mass is 16.4. The molecule has 0 aliphatic heterocycles. The van der Waals surface area contributed by atoms with Crippen LogP contribution in [0, 0.1) is 11.8 Å². The van der Waals surface area contributed by atoms with Crippen molar-refractivity contribution in [2.75, 3.05) is 6.54 Å². The molecule has 86 valence electrons. The Morgan fingerprint density at radius 1 is 1.27 bits per heavy atom. The van der Waals surface area contributed by atoms with Gasteiger partial charge in [0.15, 0.2) is 5.96 Å². The standard InChI is InChI=1S/C10H19N3O2/c11-10(12)13-6-5-7-1-3-8(4-2-7)9(14)15/h7-8H,1-6H2,(H,14,15)(H4,11,12,13). The van der Waals surface area contributed by atoms with Gasteiger partial charge in [0.25, 0.3) is 0 Å². The van der Waals surface area contributed by atoms with Crippen LogP contribution in [0.5, 0.6) is 0 Å². The summed E-state index contributed by atoms with van der Waals surface area (Å²) in [5.41, 5.74) is 10.4. The SMILES string of the molecule is NC(N)=NCCC1CCC(C(=O)O)CC1. The number of hydrogen-bond donors (Lipinski definition) is 3. The second-order valence-electron chi connectivity index (χ2n) is 4.15. The fraction of sp³-hybridized carbons (Fsp3) is 0.800. The van der Waals surface area contributed by atoms with Crippen LogP contribution in [0.4, 0.5) is 0 Å². The normalized spacial score (nSPS) is 25.9. The Labute approximate surface area is 89.5 Å². The van der Waals surface area contributed by atoms with Crippen LogP contribution in [-0.4, -0.2) is 23.6 Å². The van der Waals surface area contributed by atoms with E-state index in [4.69, 9.17) is 16.6 Å². The Morgan fingerprint density at radius 2 is 1.87 bits per heavy atom. The predicted molar refractivity (Wildman–Crippen MR) is 58.4 cm³/mol. The van der Waals surface area contributed by atoms with Crippen LogP contribution in [-0.2, 0) is 4.79 Å². The van der Waals surface area contributed by atoms with Crippen LogP contribution in [0.1, 0.15) is 32.1 Å². The van der Waals surface area contributed by atoms with Crippen molar-refractivity contribution in [1.29, 1.82) is 0 Å². The molecule has 1 aliphatic rings. The molecule has 15 heavy (non-hydrogen) atoms. The van der Waals surface area contributed by atoms with E-state index >= 15 is 0 Å². The molecule has 5 heteroatoms. The Kier molecular flexibility index (Phi) is 4.39. The van der Waals surface area contributed by atoms with E-state index in [1.165, 1.54) is 0 Å². The Bertz CT molecular complexity index is 241. The molecule has 1 rings (SSSR count). The van der Waals surface area contributed by atoms with Crippen LogP contribution < -0.4 is 11.5 Å². The van der Waals surface area contributed by atoms with E-state index in [2.05, 4.69) is 4.99 Å². The first-order chi connectivity index (χ1) is 7.09. The van der Waals surface area contributed by atoms with Gasteiger partial charge in [0.05, 0.1) is 5.92 Å². The molecular formula is C10H19N3O2. The molecular weight excluding hydrogens is 194 g/mol. The zero-order chi connectivity index (χ0) is 11.3. The van der Waals surface area contributed by atoms with Crippen molar-refractivity contribution in [1.82, 2.24) is 0 Å². The molecule has 0 aromatic heterocycles. The number of aliphatic carboxylic acids is 1. The monoisotopic (exact) mass is 213 g/mol. The van der Waals surface area contributed by atoms with Gasteiger partial charge in [-0.1, -0.05) is 0 Å². The largest absolute Gasteiger partial charge is 0.481 e. The summed E-state index contributed by atoms with van der Waals surface area (Å²) in [6.07, 6.45) is 4.52. The van der Waals surface area contributed by atoms with Crippen molar-refractivity contribution in [3.63, 3.8) is 0 Å². The second kappa shape index (κ2) is 5.58. The fourth-order valence-corrected chi connectivity index (χ4v) is 2.07. The van der Waals surface area contributed by atoms with Crippen LogP contribution in [0.25, 0.3) is 0 Å². The molecule has 5 nitrogen and oxygen atoms in total. The summed E-state index contributed by atoms with van der Waals surface area (Å²) in [4.78, 5) is 14.6. The minimum absolute atomic E-state index is 0.134. The van der Waals surface area contributed by atoms with E-state index in [1.54, 1.807) is 0 Å². The Morgan fingerprint density at radius 3 is 2.33 bits per heavy atom. The van der Waals surface area contributed by atoms with Gasteiger partial charge in [-0.25, -0.2) is 0 Å². The molecule has 1 aliphatic carbocycles. The first kappa shape index (κ1) is 11.8. The highest BCUT2D eigenvalue weighted by molar-refractivity contribution is 5.75. The quantitative estimate of drug-likeness (QED) is 0.468. The first-order valence-corrected chi connectivity index (χ1v) is 5.37. The third kappa shape index (κ3) is 4.18. The topological polar surface area (TPSA) is 102 Å². The third-order valence-electron chi connectivity index (χ3n) is 3.03. The lowest BCUT2D eigenvalue weighted by molar-refractivity contribution is -0.143. The van der Waals surface area contributed by atoms with Gasteiger partial charge in [-0.05, 0) is 38.0 Å². The predicted octanol–water partition coefficient (Wildman–Crippen LogP) is 0.541. The number of guanidine groups is 1. The van der Waals surface area contributed by atoms with Gasteiger partial charge in [-0.15, -0.1) is 0 Å². The van der Waals surface area contributed by atoms with Gasteiger partial charge >= 0.3 is 5.97 Å². The number of rotatable bonds is 4. The van der Waals surface area contributed by atoms with E-state index in [9.17, 15) is 4.79 Å². The van der Waals surface area contributed by atoms with Gasteiger partial charge in [-0.3, -0.25) is 9.79 Å². The molecule has 0 aromatic carbocycles. The van der Waals surface area contributed by atoms with Gasteiger partial charge in [0, 0.05) is 6.54 Å². The van der Waals surface area contributed by atoms with Crippen LogP contribution >= 0.6 is 0 Å². The van der Waals surface area contributed by atoms with Gasteiger partial charge in [-0.2, -0.15) is 0 Å². The number of nitrogens with zero attached hydrogens (tertiary/aromatic N) is 1. The van der Waals surface area contributed by atoms with Crippen LogP contribution in [0.2, 0.25) is 0 Å². The highest BCUT2D eigenvalue weighted by Crippen LogP contribution is 2.30. The molecule has 0 aromatic rings. The Balaban J connectivity index is 2.20. The van der Waals surface area contributed by atoms with E-state index in [0.717, 1.165) is 32.1 Å². The molecule has 0 amide bonds. The molecule has 0 atom stereocenters. The summed E-state index contributed by atoms with van der Waals surface area (Å²) in [6.45, 7) is 0.657. The number of hydrogen-bond acceptors (Lipinski definition) is 2. The number of carboxylic acid groups (broad SMARTS) is 1. The maximum Gasteiger partial charge on any atom is 0.306 e. The van der Waals surface area contributed by atoms with Crippen molar-refractivity contribution < 1.29 is 9.90 Å². The first-order valence-electron chi connectivity index (χ1n) is 5.37. The summed E-state index contributed by atoms with van der Waals surface area (Å²) in [5, 5.41) is 8.82. The van der Waals surface area contributed by atoms with Crippen LogP contribution in [0.3, 0.4) is 0 Å². The summed E-state index contributed by atoms with van der Waals surface area (Å²) in [5.74, 6) is -0.0695. The lowest BCUT2D eigenvalue weighted by atomic mass is 9.80. The van der Waals surface area contributed by atoms with Crippen LogP contribution in [0.15, 0.2) is 4.99 Å². The second-order valence-corrected chi connectivity index (χ2v) is 4.15. The van der Waals surface area contributed by atoms with E-state index in [-0.39, 0.29) is 11.9 Å². The highest BCUT2D eigenvalue weighted by Gasteiger charge is 2.25. The number of carboxylic acids is 1. The average molecular weight is 213 g/mol. The zero-order valence-electron chi connectivity index (χ0n) is 8.85. The third-order valence-corrected chi connectivity index (χ3v) is 3.03. The minimum Gasteiger partial charge on any atom is -0.481 e. The van der Waals surface area contributed by atoms with E-state index < -0.39 is 5.97 Å². The summed E-state index contributed by atoms with van der Waals surface area (Å²) in [6, 6.07) is 0. The number of carbonyl (C=O) groups is 1. The van der Waals surface area contributed by atoms with Crippen molar-refractivity contribution in [2.45, 2.75) is 32.1 Å². The van der Waals surface area contributed by atoms with Gasteiger partial charge in [0.1, 0.15) is 0 Å². The molecule has 0 bridgehead atoms. The molecule has 0 unspecified atom stereocenters. The van der Waals surface area contributed by atoms with Crippen molar-refractivity contribution in [3.8, 4) is 0 Å². The maximum atomic E-state index is 10.7. The van der Waals surface area contributed by atoms with Crippen molar-refractivity contribution in [3.05, 3.63) is 0 Å². The summed E-state index contributed by atoms with van der Waals surface area (Å²) < 4.78 is 0. The van der Waals surface area contributed by atoms with Crippen molar-refractivity contribution in [2.24, 2.45) is 28.3 Å².